The van der Waals surface area contributed by atoms with Crippen molar-refractivity contribution in [2.45, 2.75) is 45.7 Å². The summed E-state index contributed by atoms with van der Waals surface area (Å²) < 4.78 is 0. The average Bonchev–Trinajstić information content (AvgIpc) is 2.10. The third kappa shape index (κ3) is 4.24. The van der Waals surface area contributed by atoms with Crippen LogP contribution in [0.3, 0.4) is 0 Å². The molecule has 3 N–H and O–H groups in total. The van der Waals surface area contributed by atoms with Gasteiger partial charge in [0.25, 0.3) is 0 Å². The second kappa shape index (κ2) is 6.39. The number of nitriles is 1. The number of carbonyl (C=O) groups is 1. The van der Waals surface area contributed by atoms with E-state index in [9.17, 15) is 4.79 Å². The van der Waals surface area contributed by atoms with Gasteiger partial charge >= 0.3 is 0 Å². The fraction of sp³-hybridized carbons (Fsp3) is 0.800. The predicted octanol–water partition coefficient (Wildman–Crippen LogP) is 0.778. The lowest BCUT2D eigenvalue weighted by atomic mass is 10.0. The number of hydrogen-bond acceptors (Lipinski definition) is 3. The molecule has 0 bridgehead atoms. The lowest BCUT2D eigenvalue weighted by Gasteiger charge is -2.23. The van der Waals surface area contributed by atoms with Crippen LogP contribution in [-0.2, 0) is 4.79 Å². The van der Waals surface area contributed by atoms with E-state index in [-0.39, 0.29) is 23.9 Å². The Morgan fingerprint density at radius 3 is 2.43 bits per heavy atom. The molecule has 2 unspecified atom stereocenters. The van der Waals surface area contributed by atoms with Crippen LogP contribution >= 0.6 is 0 Å². The van der Waals surface area contributed by atoms with E-state index in [1.165, 1.54) is 0 Å². The van der Waals surface area contributed by atoms with Gasteiger partial charge in [-0.25, -0.2) is 0 Å². The molecule has 0 saturated heterocycles. The normalized spacial score (nSPS) is 14.8. The monoisotopic (exact) mass is 197 g/mol. The van der Waals surface area contributed by atoms with Crippen molar-refractivity contribution in [3.8, 4) is 6.07 Å². The SMILES string of the molecule is CCC(CC#N)NC(C(N)=O)C(C)C. The number of rotatable bonds is 6. The lowest BCUT2D eigenvalue weighted by molar-refractivity contribution is -0.121. The molecule has 0 aromatic carbocycles. The van der Waals surface area contributed by atoms with Gasteiger partial charge in [0.2, 0.25) is 5.91 Å². The largest absolute Gasteiger partial charge is 0.368 e. The van der Waals surface area contributed by atoms with Crippen molar-refractivity contribution in [3.63, 3.8) is 0 Å². The molecule has 0 spiro atoms. The molecule has 80 valence electrons. The molecular formula is C10H19N3O. The minimum Gasteiger partial charge on any atom is -0.368 e. The fourth-order valence-electron chi connectivity index (χ4n) is 1.29. The number of amides is 1. The molecule has 2 atom stereocenters. The Morgan fingerprint density at radius 2 is 2.14 bits per heavy atom. The minimum absolute atomic E-state index is 0.0555. The summed E-state index contributed by atoms with van der Waals surface area (Å²) in [4.78, 5) is 11.1. The molecule has 4 nitrogen and oxygen atoms in total. The first kappa shape index (κ1) is 12.9. The Kier molecular flexibility index (Phi) is 5.89. The first-order valence-electron chi connectivity index (χ1n) is 4.95. The standard InChI is InChI=1S/C10H19N3O/c1-4-8(5-6-11)13-9(7(2)3)10(12)14/h7-9,13H,4-5H2,1-3H3,(H2,12,14). The number of hydrogen-bond donors (Lipinski definition) is 2. The molecule has 14 heavy (non-hydrogen) atoms. The van der Waals surface area contributed by atoms with Gasteiger partial charge in [-0.15, -0.1) is 0 Å². The van der Waals surface area contributed by atoms with E-state index in [1.807, 2.05) is 20.8 Å². The highest BCUT2D eigenvalue weighted by molar-refractivity contribution is 5.80. The summed E-state index contributed by atoms with van der Waals surface area (Å²) in [5.74, 6) is -0.198. The quantitative estimate of drug-likeness (QED) is 0.660. The Balaban J connectivity index is 4.27. The number of nitrogens with two attached hydrogens (primary N) is 1. The molecular weight excluding hydrogens is 178 g/mol. The topological polar surface area (TPSA) is 78.9 Å². The van der Waals surface area contributed by atoms with Crippen LogP contribution in [0.1, 0.15) is 33.6 Å². The summed E-state index contributed by atoms with van der Waals surface area (Å²) in [5.41, 5.74) is 5.25. The minimum atomic E-state index is -0.351. The molecule has 0 heterocycles. The van der Waals surface area contributed by atoms with Crippen molar-refractivity contribution in [3.05, 3.63) is 0 Å². The molecule has 0 aliphatic carbocycles. The number of nitrogens with one attached hydrogen (secondary N) is 1. The fourth-order valence-corrected chi connectivity index (χ4v) is 1.29. The van der Waals surface area contributed by atoms with Crippen LogP contribution < -0.4 is 11.1 Å². The van der Waals surface area contributed by atoms with Crippen molar-refractivity contribution < 1.29 is 4.79 Å². The summed E-state index contributed by atoms with van der Waals surface area (Å²) in [6.07, 6.45) is 1.23. The van der Waals surface area contributed by atoms with Gasteiger partial charge in [-0.2, -0.15) is 5.26 Å². The Hall–Kier alpha value is -1.08. The van der Waals surface area contributed by atoms with E-state index in [4.69, 9.17) is 11.0 Å². The molecule has 0 rings (SSSR count). The number of primary amides is 1. The van der Waals surface area contributed by atoms with Crippen LogP contribution in [0, 0.1) is 17.2 Å². The third-order valence-electron chi connectivity index (χ3n) is 2.22. The van der Waals surface area contributed by atoms with Gasteiger partial charge in [-0.05, 0) is 12.3 Å². The first-order chi connectivity index (χ1) is 6.52. The van der Waals surface area contributed by atoms with Crippen LogP contribution in [0.2, 0.25) is 0 Å². The summed E-state index contributed by atoms with van der Waals surface area (Å²) in [6, 6.07) is 1.80. The van der Waals surface area contributed by atoms with Crippen LogP contribution in [0.25, 0.3) is 0 Å². The van der Waals surface area contributed by atoms with Crippen molar-refractivity contribution in [1.82, 2.24) is 5.32 Å². The maximum absolute atomic E-state index is 11.1. The average molecular weight is 197 g/mol. The molecule has 0 aliphatic heterocycles. The van der Waals surface area contributed by atoms with E-state index in [2.05, 4.69) is 11.4 Å². The summed E-state index contributed by atoms with van der Waals surface area (Å²) in [6.45, 7) is 5.84. The summed E-state index contributed by atoms with van der Waals surface area (Å²) in [5, 5.41) is 11.7. The lowest BCUT2D eigenvalue weighted by Crippen LogP contribution is -2.49. The van der Waals surface area contributed by atoms with Gasteiger partial charge in [0.15, 0.2) is 0 Å². The second-order valence-electron chi connectivity index (χ2n) is 3.76. The zero-order chi connectivity index (χ0) is 11.1. The van der Waals surface area contributed by atoms with E-state index in [0.29, 0.717) is 6.42 Å². The van der Waals surface area contributed by atoms with E-state index < -0.39 is 0 Å². The predicted molar refractivity (Wildman–Crippen MR) is 55.3 cm³/mol. The molecule has 0 aliphatic rings. The van der Waals surface area contributed by atoms with E-state index >= 15 is 0 Å². The highest BCUT2D eigenvalue weighted by Crippen LogP contribution is 2.05. The van der Waals surface area contributed by atoms with Gasteiger partial charge in [-0.1, -0.05) is 20.8 Å². The second-order valence-corrected chi connectivity index (χ2v) is 3.76. The van der Waals surface area contributed by atoms with Crippen molar-refractivity contribution in [1.29, 1.82) is 5.26 Å². The van der Waals surface area contributed by atoms with Crippen LogP contribution in [0.15, 0.2) is 0 Å². The number of nitrogens with zero attached hydrogens (tertiary/aromatic N) is 1. The van der Waals surface area contributed by atoms with E-state index in [1.54, 1.807) is 0 Å². The van der Waals surface area contributed by atoms with Gasteiger partial charge in [0.1, 0.15) is 0 Å². The van der Waals surface area contributed by atoms with Gasteiger partial charge < -0.3 is 11.1 Å². The molecule has 1 amide bonds. The molecule has 0 fully saturated rings. The highest BCUT2D eigenvalue weighted by atomic mass is 16.1. The van der Waals surface area contributed by atoms with Gasteiger partial charge in [-0.3, -0.25) is 4.79 Å². The van der Waals surface area contributed by atoms with Gasteiger partial charge in [0, 0.05) is 6.04 Å². The molecule has 0 aromatic heterocycles. The Bertz CT molecular complexity index is 220. The van der Waals surface area contributed by atoms with Crippen molar-refractivity contribution in [2.75, 3.05) is 0 Å². The summed E-state index contributed by atoms with van der Waals surface area (Å²) >= 11 is 0. The third-order valence-corrected chi connectivity index (χ3v) is 2.22. The Labute approximate surface area is 85.5 Å². The van der Waals surface area contributed by atoms with Crippen molar-refractivity contribution >= 4 is 5.91 Å². The maximum atomic E-state index is 11.1. The van der Waals surface area contributed by atoms with Crippen LogP contribution in [0.4, 0.5) is 0 Å². The molecule has 0 saturated carbocycles. The van der Waals surface area contributed by atoms with Gasteiger partial charge in [0.05, 0.1) is 18.5 Å². The first-order valence-corrected chi connectivity index (χ1v) is 4.95. The smallest absolute Gasteiger partial charge is 0.234 e. The van der Waals surface area contributed by atoms with Crippen LogP contribution in [-0.4, -0.2) is 18.0 Å². The zero-order valence-corrected chi connectivity index (χ0v) is 9.08. The van der Waals surface area contributed by atoms with Crippen LogP contribution in [0.5, 0.6) is 0 Å². The molecule has 4 heteroatoms. The van der Waals surface area contributed by atoms with Crippen molar-refractivity contribution in [2.24, 2.45) is 11.7 Å². The Morgan fingerprint density at radius 1 is 1.57 bits per heavy atom. The summed E-state index contributed by atoms with van der Waals surface area (Å²) in [7, 11) is 0. The molecule has 0 aromatic rings. The highest BCUT2D eigenvalue weighted by Gasteiger charge is 2.21. The number of carbonyl (C=O) groups excluding carboxylic acids is 1. The maximum Gasteiger partial charge on any atom is 0.234 e. The molecule has 0 radical (unpaired) electrons. The van der Waals surface area contributed by atoms with E-state index in [0.717, 1.165) is 6.42 Å². The zero-order valence-electron chi connectivity index (χ0n) is 9.08.